The normalized spacial score (nSPS) is 10.8. The number of nitro groups is 1. The highest BCUT2D eigenvalue weighted by Gasteiger charge is 2.11. The number of nitro benzene ring substituents is 1. The van der Waals surface area contributed by atoms with Crippen LogP contribution in [0.2, 0.25) is 0 Å². The number of hydrogen-bond acceptors (Lipinski definition) is 5. The van der Waals surface area contributed by atoms with Gasteiger partial charge in [-0.2, -0.15) is 4.80 Å². The van der Waals surface area contributed by atoms with Crippen LogP contribution in [0, 0.1) is 10.1 Å². The second kappa shape index (κ2) is 4.82. The zero-order valence-corrected chi connectivity index (χ0v) is 8.90. The molecule has 18 heavy (non-hydrogen) atoms. The van der Waals surface area contributed by atoms with E-state index in [4.69, 9.17) is 0 Å². The van der Waals surface area contributed by atoms with Gasteiger partial charge in [0.15, 0.2) is 0 Å². The Labute approximate surface area is 99.2 Å². The summed E-state index contributed by atoms with van der Waals surface area (Å²) < 4.78 is 24.1. The van der Waals surface area contributed by atoms with E-state index >= 15 is 0 Å². The molecule has 1 aromatic carbocycles. The van der Waals surface area contributed by atoms with E-state index in [2.05, 4.69) is 15.4 Å². The lowest BCUT2D eigenvalue weighted by molar-refractivity contribution is -0.384. The van der Waals surface area contributed by atoms with Crippen LogP contribution in [-0.2, 0) is 6.54 Å². The molecule has 9 heteroatoms. The van der Waals surface area contributed by atoms with Crippen molar-refractivity contribution >= 4 is 5.69 Å². The van der Waals surface area contributed by atoms with Gasteiger partial charge in [0, 0.05) is 17.7 Å². The van der Waals surface area contributed by atoms with Crippen LogP contribution < -0.4 is 0 Å². The van der Waals surface area contributed by atoms with Crippen molar-refractivity contribution in [3.05, 3.63) is 34.4 Å². The molecule has 0 fully saturated rings. The van der Waals surface area contributed by atoms with Crippen molar-refractivity contribution in [2.75, 3.05) is 0 Å². The number of halogens is 2. The Kier molecular flexibility index (Phi) is 3.22. The first kappa shape index (κ1) is 12.0. The number of benzene rings is 1. The highest BCUT2D eigenvalue weighted by molar-refractivity contribution is 5.56. The molecule has 7 nitrogen and oxygen atoms in total. The van der Waals surface area contributed by atoms with Gasteiger partial charge in [0.1, 0.15) is 6.54 Å². The largest absolute Gasteiger partial charge is 0.269 e. The van der Waals surface area contributed by atoms with Crippen molar-refractivity contribution in [2.24, 2.45) is 0 Å². The fraction of sp³-hybridized carbons (Fsp3) is 0.222. The highest BCUT2D eigenvalue weighted by Crippen LogP contribution is 2.18. The molecule has 0 spiro atoms. The van der Waals surface area contributed by atoms with Crippen LogP contribution in [0.4, 0.5) is 14.5 Å². The second-order valence-corrected chi connectivity index (χ2v) is 3.36. The number of non-ortho nitro benzene ring substituents is 1. The lowest BCUT2D eigenvalue weighted by Crippen LogP contribution is -2.09. The van der Waals surface area contributed by atoms with Gasteiger partial charge >= 0.3 is 0 Å². The quantitative estimate of drug-likeness (QED) is 0.610. The third kappa shape index (κ3) is 2.62. The predicted octanol–water partition coefficient (Wildman–Crippen LogP) is 1.51. The Bertz CT molecular complexity index is 554. The lowest BCUT2D eigenvalue weighted by Gasteiger charge is -1.95. The summed E-state index contributed by atoms with van der Waals surface area (Å²) in [5, 5.41) is 21.2. The highest BCUT2D eigenvalue weighted by atomic mass is 19.3. The van der Waals surface area contributed by atoms with Gasteiger partial charge in [0.05, 0.1) is 4.92 Å². The minimum atomic E-state index is -2.57. The number of alkyl halides is 2. The van der Waals surface area contributed by atoms with Crippen LogP contribution in [0.15, 0.2) is 24.3 Å². The van der Waals surface area contributed by atoms with Gasteiger partial charge in [0.2, 0.25) is 5.82 Å². The molecule has 2 aromatic rings. The summed E-state index contributed by atoms with van der Waals surface area (Å²) in [6, 6.07) is 5.43. The van der Waals surface area contributed by atoms with Crippen molar-refractivity contribution in [1.82, 2.24) is 20.2 Å². The van der Waals surface area contributed by atoms with Crippen LogP contribution >= 0.6 is 0 Å². The maximum absolute atomic E-state index is 12.1. The third-order valence-electron chi connectivity index (χ3n) is 2.09. The van der Waals surface area contributed by atoms with Crippen molar-refractivity contribution in [1.29, 1.82) is 0 Å². The molecule has 0 saturated carbocycles. The molecule has 0 atom stereocenters. The fourth-order valence-electron chi connectivity index (χ4n) is 1.29. The van der Waals surface area contributed by atoms with Gasteiger partial charge in [-0.1, -0.05) is 0 Å². The molecule has 0 aliphatic rings. The molecule has 0 amide bonds. The fourth-order valence-corrected chi connectivity index (χ4v) is 1.29. The Morgan fingerprint density at radius 2 is 2.00 bits per heavy atom. The zero-order valence-electron chi connectivity index (χ0n) is 8.90. The van der Waals surface area contributed by atoms with E-state index in [0.29, 0.717) is 5.56 Å². The number of aromatic nitrogens is 4. The van der Waals surface area contributed by atoms with E-state index < -0.39 is 17.9 Å². The summed E-state index contributed by atoms with van der Waals surface area (Å²) in [6.07, 6.45) is -2.57. The van der Waals surface area contributed by atoms with Crippen molar-refractivity contribution in [3.63, 3.8) is 0 Å². The molecule has 0 radical (unpaired) electrons. The van der Waals surface area contributed by atoms with E-state index in [1.54, 1.807) is 0 Å². The Morgan fingerprint density at radius 3 is 2.56 bits per heavy atom. The van der Waals surface area contributed by atoms with Gasteiger partial charge in [-0.25, -0.2) is 8.78 Å². The van der Waals surface area contributed by atoms with Crippen LogP contribution in [0.1, 0.15) is 0 Å². The molecule has 2 rings (SSSR count). The standard InChI is InChI=1S/C9H7F2N5O2/c10-8(11)5-15-13-9(12-14-15)6-1-3-7(4-2-6)16(17)18/h1-4,8H,5H2. The molecule has 0 N–H and O–H groups in total. The van der Waals surface area contributed by atoms with Crippen molar-refractivity contribution in [2.45, 2.75) is 13.0 Å². The SMILES string of the molecule is O=[N+]([O-])c1ccc(-c2nnn(CC(F)F)n2)cc1. The number of hydrogen-bond donors (Lipinski definition) is 0. The molecular formula is C9H7F2N5O2. The summed E-state index contributed by atoms with van der Waals surface area (Å²) in [5.41, 5.74) is 0.403. The van der Waals surface area contributed by atoms with Crippen LogP contribution in [0.3, 0.4) is 0 Å². The van der Waals surface area contributed by atoms with E-state index in [0.717, 1.165) is 4.80 Å². The molecular weight excluding hydrogens is 248 g/mol. The Balaban J connectivity index is 2.20. The number of nitrogens with zero attached hydrogens (tertiary/aromatic N) is 5. The average Bonchev–Trinajstić information content (AvgIpc) is 2.76. The maximum Gasteiger partial charge on any atom is 0.269 e. The minimum Gasteiger partial charge on any atom is -0.258 e. The molecule has 0 aliphatic heterocycles. The molecule has 0 bridgehead atoms. The van der Waals surface area contributed by atoms with Crippen molar-refractivity contribution in [3.8, 4) is 11.4 Å². The van der Waals surface area contributed by atoms with E-state index in [1.165, 1.54) is 24.3 Å². The number of rotatable bonds is 4. The first-order valence-electron chi connectivity index (χ1n) is 4.87. The third-order valence-corrected chi connectivity index (χ3v) is 2.09. The van der Waals surface area contributed by atoms with Crippen LogP contribution in [0.25, 0.3) is 11.4 Å². The molecule has 0 unspecified atom stereocenters. The van der Waals surface area contributed by atoms with Crippen molar-refractivity contribution < 1.29 is 13.7 Å². The zero-order chi connectivity index (χ0) is 13.1. The first-order valence-corrected chi connectivity index (χ1v) is 4.87. The predicted molar refractivity (Wildman–Crippen MR) is 55.9 cm³/mol. The van der Waals surface area contributed by atoms with Gasteiger partial charge in [-0.05, 0) is 17.3 Å². The summed E-state index contributed by atoms with van der Waals surface area (Å²) in [7, 11) is 0. The summed E-state index contributed by atoms with van der Waals surface area (Å²) in [4.78, 5) is 10.7. The molecule has 94 valence electrons. The van der Waals surface area contributed by atoms with Gasteiger partial charge in [-0.15, -0.1) is 10.2 Å². The molecule has 0 saturated heterocycles. The second-order valence-electron chi connectivity index (χ2n) is 3.36. The minimum absolute atomic E-state index is 0.0706. The molecule has 1 aromatic heterocycles. The summed E-state index contributed by atoms with van der Waals surface area (Å²) >= 11 is 0. The smallest absolute Gasteiger partial charge is 0.258 e. The summed E-state index contributed by atoms with van der Waals surface area (Å²) in [5.74, 6) is 0.144. The molecule has 0 aliphatic carbocycles. The van der Waals surface area contributed by atoms with E-state index in [1.807, 2.05) is 0 Å². The van der Waals surface area contributed by atoms with Crippen LogP contribution in [0.5, 0.6) is 0 Å². The van der Waals surface area contributed by atoms with Gasteiger partial charge in [0.25, 0.3) is 12.1 Å². The monoisotopic (exact) mass is 255 g/mol. The lowest BCUT2D eigenvalue weighted by atomic mass is 10.2. The molecule has 1 heterocycles. The number of tetrazole rings is 1. The van der Waals surface area contributed by atoms with E-state index in [-0.39, 0.29) is 11.5 Å². The van der Waals surface area contributed by atoms with E-state index in [9.17, 15) is 18.9 Å². The summed E-state index contributed by atoms with van der Waals surface area (Å²) in [6.45, 7) is -0.639. The topological polar surface area (TPSA) is 86.7 Å². The first-order chi connectivity index (χ1) is 8.56. The Hall–Kier alpha value is -2.45. The average molecular weight is 255 g/mol. The maximum atomic E-state index is 12.1. The Morgan fingerprint density at radius 1 is 1.33 bits per heavy atom. The van der Waals surface area contributed by atoms with Gasteiger partial charge < -0.3 is 0 Å². The van der Waals surface area contributed by atoms with Crippen LogP contribution in [-0.4, -0.2) is 31.6 Å². The van der Waals surface area contributed by atoms with Gasteiger partial charge in [-0.3, -0.25) is 10.1 Å².